The number of urea groups is 1. The molecular formula is C24H28N4O3. The zero-order valence-corrected chi connectivity index (χ0v) is 17.8. The van der Waals surface area contributed by atoms with Gasteiger partial charge in [0.25, 0.3) is 0 Å². The first-order chi connectivity index (χ1) is 14.9. The van der Waals surface area contributed by atoms with Gasteiger partial charge >= 0.3 is 6.03 Å². The number of nitrogens with zero attached hydrogens (tertiary/aromatic N) is 1. The predicted molar refractivity (Wildman–Crippen MR) is 123 cm³/mol. The van der Waals surface area contributed by atoms with Crippen LogP contribution in [-0.4, -0.2) is 49.1 Å². The number of rotatable bonds is 8. The van der Waals surface area contributed by atoms with Crippen molar-refractivity contribution >= 4 is 28.4 Å². The van der Waals surface area contributed by atoms with Gasteiger partial charge in [-0.1, -0.05) is 48.5 Å². The normalized spacial score (nSPS) is 11.9. The third-order valence-corrected chi connectivity index (χ3v) is 4.74. The molecule has 3 amide bonds. The van der Waals surface area contributed by atoms with Gasteiger partial charge in [0, 0.05) is 18.8 Å². The van der Waals surface area contributed by atoms with Crippen LogP contribution >= 0.6 is 0 Å². The van der Waals surface area contributed by atoms with E-state index in [0.717, 1.165) is 21.9 Å². The Labute approximate surface area is 182 Å². The summed E-state index contributed by atoms with van der Waals surface area (Å²) in [6.45, 7) is 0.699. The van der Waals surface area contributed by atoms with E-state index in [-0.39, 0.29) is 18.5 Å². The summed E-state index contributed by atoms with van der Waals surface area (Å²) < 4.78 is 0. The summed E-state index contributed by atoms with van der Waals surface area (Å²) in [4.78, 5) is 25.8. The maximum atomic E-state index is 12.1. The van der Waals surface area contributed by atoms with Crippen LogP contribution < -0.4 is 16.0 Å². The molecule has 4 N–H and O–H groups in total. The van der Waals surface area contributed by atoms with E-state index in [9.17, 15) is 14.7 Å². The molecule has 3 rings (SSSR count). The molecule has 162 valence electrons. The van der Waals surface area contributed by atoms with Crippen molar-refractivity contribution in [2.24, 2.45) is 0 Å². The summed E-state index contributed by atoms with van der Waals surface area (Å²) in [6, 6.07) is 20.6. The zero-order valence-electron chi connectivity index (χ0n) is 17.8. The Morgan fingerprint density at radius 2 is 1.71 bits per heavy atom. The Balaban J connectivity index is 1.47. The van der Waals surface area contributed by atoms with E-state index in [2.05, 4.69) is 16.0 Å². The van der Waals surface area contributed by atoms with Crippen molar-refractivity contribution < 1.29 is 14.7 Å². The SMILES string of the molecule is CN(C)CC(=O)Nc1cccc(CNC(=O)NCC(O)c2ccc3ccccc3c2)c1. The number of hydrogen-bond donors (Lipinski definition) is 4. The van der Waals surface area contributed by atoms with Gasteiger partial charge in [-0.15, -0.1) is 0 Å². The van der Waals surface area contributed by atoms with E-state index in [1.165, 1.54) is 0 Å². The molecule has 7 nitrogen and oxygen atoms in total. The number of anilines is 1. The van der Waals surface area contributed by atoms with E-state index in [1.54, 1.807) is 11.0 Å². The van der Waals surface area contributed by atoms with Gasteiger partial charge in [0.15, 0.2) is 0 Å². The first-order valence-corrected chi connectivity index (χ1v) is 10.1. The summed E-state index contributed by atoms with van der Waals surface area (Å²) in [6.07, 6.45) is -0.800. The number of aliphatic hydroxyl groups excluding tert-OH is 1. The minimum atomic E-state index is -0.800. The van der Waals surface area contributed by atoms with Crippen molar-refractivity contribution in [3.8, 4) is 0 Å². The molecule has 31 heavy (non-hydrogen) atoms. The molecule has 1 unspecified atom stereocenters. The van der Waals surface area contributed by atoms with Gasteiger partial charge in [-0.2, -0.15) is 0 Å². The third kappa shape index (κ3) is 6.80. The van der Waals surface area contributed by atoms with Crippen molar-refractivity contribution in [3.05, 3.63) is 77.9 Å². The van der Waals surface area contributed by atoms with Crippen LogP contribution in [0.15, 0.2) is 66.7 Å². The van der Waals surface area contributed by atoms with Crippen molar-refractivity contribution in [1.29, 1.82) is 0 Å². The number of amides is 3. The van der Waals surface area contributed by atoms with Crippen molar-refractivity contribution in [2.45, 2.75) is 12.6 Å². The Kier molecular flexibility index (Phi) is 7.59. The van der Waals surface area contributed by atoms with Crippen LogP contribution in [-0.2, 0) is 11.3 Å². The number of nitrogens with one attached hydrogen (secondary N) is 3. The molecule has 0 saturated heterocycles. The van der Waals surface area contributed by atoms with E-state index in [1.807, 2.05) is 74.8 Å². The van der Waals surface area contributed by atoms with E-state index >= 15 is 0 Å². The standard InChI is InChI=1S/C24H28N4O3/c1-28(2)16-23(30)27-21-9-5-6-17(12-21)14-25-24(31)26-15-22(29)20-11-10-18-7-3-4-8-19(18)13-20/h3-13,22,29H,14-16H2,1-2H3,(H,27,30)(H2,25,26,31). The van der Waals surface area contributed by atoms with Crippen LogP contribution in [0.3, 0.4) is 0 Å². The molecule has 0 aromatic heterocycles. The van der Waals surface area contributed by atoms with Crippen LogP contribution in [0.25, 0.3) is 10.8 Å². The van der Waals surface area contributed by atoms with Crippen LogP contribution in [0.5, 0.6) is 0 Å². The molecule has 0 aliphatic heterocycles. The quantitative estimate of drug-likeness (QED) is 0.451. The number of carbonyl (C=O) groups is 2. The van der Waals surface area contributed by atoms with Gasteiger partial charge in [-0.05, 0) is 54.2 Å². The second-order valence-electron chi connectivity index (χ2n) is 7.67. The largest absolute Gasteiger partial charge is 0.387 e. The van der Waals surface area contributed by atoms with Crippen molar-refractivity contribution in [3.63, 3.8) is 0 Å². The predicted octanol–water partition coefficient (Wildman–Crippen LogP) is 2.87. The molecule has 0 fully saturated rings. The number of hydrogen-bond acceptors (Lipinski definition) is 4. The maximum absolute atomic E-state index is 12.1. The molecule has 0 radical (unpaired) electrons. The highest BCUT2D eigenvalue weighted by atomic mass is 16.3. The first-order valence-electron chi connectivity index (χ1n) is 10.1. The van der Waals surface area contributed by atoms with Crippen molar-refractivity contribution in [1.82, 2.24) is 15.5 Å². The number of carbonyl (C=O) groups excluding carboxylic acids is 2. The monoisotopic (exact) mass is 420 g/mol. The average molecular weight is 421 g/mol. The highest BCUT2D eigenvalue weighted by molar-refractivity contribution is 5.92. The average Bonchev–Trinajstić information content (AvgIpc) is 2.75. The van der Waals surface area contributed by atoms with Crippen molar-refractivity contribution in [2.75, 3.05) is 32.5 Å². The lowest BCUT2D eigenvalue weighted by Crippen LogP contribution is -2.37. The highest BCUT2D eigenvalue weighted by Crippen LogP contribution is 2.20. The Bertz CT molecular complexity index is 1050. The lowest BCUT2D eigenvalue weighted by Gasteiger charge is -2.14. The molecule has 0 saturated carbocycles. The van der Waals surface area contributed by atoms with Gasteiger partial charge in [0.2, 0.25) is 5.91 Å². The minimum absolute atomic E-state index is 0.101. The fraction of sp³-hybridized carbons (Fsp3) is 0.250. The number of benzene rings is 3. The summed E-state index contributed by atoms with van der Waals surface area (Å²) in [5.41, 5.74) is 2.28. The molecule has 0 aliphatic rings. The van der Waals surface area contributed by atoms with E-state index in [4.69, 9.17) is 0 Å². The lowest BCUT2D eigenvalue weighted by molar-refractivity contribution is -0.116. The van der Waals surface area contributed by atoms with Gasteiger partial charge in [0.05, 0.1) is 12.6 Å². The van der Waals surface area contributed by atoms with Crippen LogP contribution in [0.1, 0.15) is 17.2 Å². The molecule has 1 atom stereocenters. The second-order valence-corrected chi connectivity index (χ2v) is 7.67. The van der Waals surface area contributed by atoms with Gasteiger partial charge in [0.1, 0.15) is 0 Å². The smallest absolute Gasteiger partial charge is 0.315 e. The topological polar surface area (TPSA) is 93.7 Å². The summed E-state index contributed by atoms with van der Waals surface area (Å²) in [7, 11) is 3.66. The summed E-state index contributed by atoms with van der Waals surface area (Å²) >= 11 is 0. The lowest BCUT2D eigenvalue weighted by atomic mass is 10.0. The fourth-order valence-corrected chi connectivity index (χ4v) is 3.21. The minimum Gasteiger partial charge on any atom is -0.387 e. The second kappa shape index (κ2) is 10.6. The molecule has 7 heteroatoms. The van der Waals surface area contributed by atoms with E-state index < -0.39 is 6.10 Å². The van der Waals surface area contributed by atoms with Crippen LogP contribution in [0.4, 0.5) is 10.5 Å². The Morgan fingerprint density at radius 3 is 2.48 bits per heavy atom. The molecule has 0 bridgehead atoms. The van der Waals surface area contributed by atoms with Gasteiger partial charge < -0.3 is 26.0 Å². The van der Waals surface area contributed by atoms with Gasteiger partial charge in [-0.3, -0.25) is 4.79 Å². The Morgan fingerprint density at radius 1 is 0.935 bits per heavy atom. The zero-order chi connectivity index (χ0) is 22.2. The number of likely N-dealkylation sites (N-methyl/N-ethyl adjacent to an activating group) is 1. The molecule has 0 spiro atoms. The fourth-order valence-electron chi connectivity index (χ4n) is 3.21. The van der Waals surface area contributed by atoms with Gasteiger partial charge in [-0.25, -0.2) is 4.79 Å². The molecule has 0 heterocycles. The highest BCUT2D eigenvalue weighted by Gasteiger charge is 2.10. The molecule has 3 aromatic carbocycles. The van der Waals surface area contributed by atoms with Crippen LogP contribution in [0, 0.1) is 0 Å². The first kappa shape index (κ1) is 22.3. The number of fused-ring (bicyclic) bond motifs is 1. The molecule has 3 aromatic rings. The molecular weight excluding hydrogens is 392 g/mol. The third-order valence-electron chi connectivity index (χ3n) is 4.74. The maximum Gasteiger partial charge on any atom is 0.315 e. The molecule has 0 aliphatic carbocycles. The Hall–Kier alpha value is -3.42. The van der Waals surface area contributed by atoms with Crippen LogP contribution in [0.2, 0.25) is 0 Å². The summed E-state index contributed by atoms with van der Waals surface area (Å²) in [5, 5.41) is 20.8. The number of aliphatic hydroxyl groups is 1. The van der Waals surface area contributed by atoms with E-state index in [0.29, 0.717) is 18.8 Å². The summed E-state index contributed by atoms with van der Waals surface area (Å²) in [5.74, 6) is -0.101.